The highest BCUT2D eigenvalue weighted by atomic mass is 79.9. The Morgan fingerprint density at radius 2 is 2.15 bits per heavy atom. The summed E-state index contributed by atoms with van der Waals surface area (Å²) in [5.74, 6) is 0.822. The van der Waals surface area contributed by atoms with E-state index in [0.717, 1.165) is 6.42 Å². The van der Waals surface area contributed by atoms with E-state index < -0.39 is 0 Å². The van der Waals surface area contributed by atoms with Gasteiger partial charge >= 0.3 is 0 Å². The van der Waals surface area contributed by atoms with E-state index >= 15 is 0 Å². The lowest BCUT2D eigenvalue weighted by Crippen LogP contribution is -2.12. The van der Waals surface area contributed by atoms with Gasteiger partial charge in [-0.2, -0.15) is 0 Å². The summed E-state index contributed by atoms with van der Waals surface area (Å²) in [5, 5.41) is 0. The number of ketones is 1. The Labute approximate surface area is 85.0 Å². The van der Waals surface area contributed by atoms with Gasteiger partial charge in [-0.25, -0.2) is 0 Å². The van der Waals surface area contributed by atoms with E-state index in [0.29, 0.717) is 17.9 Å². The summed E-state index contributed by atoms with van der Waals surface area (Å²) in [5.41, 5.74) is 0.682. The van der Waals surface area contributed by atoms with Gasteiger partial charge in [-0.3, -0.25) is 4.79 Å². The fourth-order valence-electron chi connectivity index (χ4n) is 1.37. The molecule has 68 valence electrons. The molecule has 3 heteroatoms. The Morgan fingerprint density at radius 3 is 3.00 bits per heavy atom. The molecule has 1 atom stereocenters. The van der Waals surface area contributed by atoms with Crippen molar-refractivity contribution in [2.75, 3.05) is 6.61 Å². The molecule has 0 radical (unpaired) electrons. The summed E-state index contributed by atoms with van der Waals surface area (Å²) in [7, 11) is 0. The number of halogens is 1. The average Bonchev–Trinajstić information content (AvgIpc) is 2.29. The van der Waals surface area contributed by atoms with Crippen LogP contribution in [0, 0.1) is 0 Å². The zero-order valence-electron chi connectivity index (χ0n) is 7.00. The molecule has 1 unspecified atom stereocenters. The fourth-order valence-corrected chi connectivity index (χ4v) is 1.80. The molecule has 0 bridgehead atoms. The predicted octanol–water partition coefficient (Wildman–Crippen LogP) is 2.42. The van der Waals surface area contributed by atoms with Crippen LogP contribution in [0.5, 0.6) is 5.75 Å². The number of hydrogen-bond donors (Lipinski definition) is 0. The summed E-state index contributed by atoms with van der Waals surface area (Å²) in [6.07, 6.45) is 0.730. The molecule has 13 heavy (non-hydrogen) atoms. The maximum Gasteiger partial charge on any atom is 0.180 e. The molecule has 0 aliphatic carbocycles. The van der Waals surface area contributed by atoms with Crippen LogP contribution in [-0.2, 0) is 0 Å². The molecule has 1 aromatic carbocycles. The van der Waals surface area contributed by atoms with Crippen LogP contribution >= 0.6 is 15.9 Å². The zero-order valence-corrected chi connectivity index (χ0v) is 8.58. The Morgan fingerprint density at radius 1 is 1.38 bits per heavy atom. The van der Waals surface area contributed by atoms with Crippen LogP contribution in [0.15, 0.2) is 24.3 Å². The summed E-state index contributed by atoms with van der Waals surface area (Å²) < 4.78 is 5.44. The third-order valence-corrected chi connectivity index (χ3v) is 2.94. The van der Waals surface area contributed by atoms with E-state index in [1.165, 1.54) is 0 Å². The normalized spacial score (nSPS) is 21.6. The average molecular weight is 241 g/mol. The van der Waals surface area contributed by atoms with Gasteiger partial charge in [0.05, 0.1) is 17.0 Å². The molecular formula is C10H9BrO2. The van der Waals surface area contributed by atoms with Crippen molar-refractivity contribution in [1.29, 1.82) is 0 Å². The van der Waals surface area contributed by atoms with Crippen LogP contribution in [0.3, 0.4) is 0 Å². The van der Waals surface area contributed by atoms with Crippen LogP contribution in [0.2, 0.25) is 0 Å². The number of fused-ring (bicyclic) bond motifs is 1. The summed E-state index contributed by atoms with van der Waals surface area (Å²) >= 11 is 3.34. The second kappa shape index (κ2) is 3.50. The third-order valence-electron chi connectivity index (χ3n) is 2.07. The first-order valence-electron chi connectivity index (χ1n) is 4.19. The standard InChI is InChI=1S/C10H9BrO2/c11-8-5-6-13-9-4-2-1-3-7(9)10(8)12/h1-4,8H,5-6H2. The van der Waals surface area contributed by atoms with E-state index in [1.54, 1.807) is 6.07 Å². The third kappa shape index (κ3) is 1.61. The number of para-hydroxylation sites is 1. The molecular weight excluding hydrogens is 232 g/mol. The smallest absolute Gasteiger partial charge is 0.180 e. The quantitative estimate of drug-likeness (QED) is 0.652. The fraction of sp³-hybridized carbons (Fsp3) is 0.300. The second-order valence-corrected chi connectivity index (χ2v) is 4.07. The van der Waals surface area contributed by atoms with E-state index in [1.807, 2.05) is 18.2 Å². The molecule has 0 spiro atoms. The van der Waals surface area contributed by atoms with Crippen LogP contribution < -0.4 is 4.74 Å². The van der Waals surface area contributed by atoms with Crippen molar-refractivity contribution in [3.05, 3.63) is 29.8 Å². The molecule has 1 heterocycles. The highest BCUT2D eigenvalue weighted by Gasteiger charge is 2.23. The number of alkyl halides is 1. The van der Waals surface area contributed by atoms with Gasteiger partial charge in [0.15, 0.2) is 5.78 Å². The number of carbonyl (C=O) groups excluding carboxylic acids is 1. The molecule has 0 fully saturated rings. The van der Waals surface area contributed by atoms with Crippen molar-refractivity contribution in [3.63, 3.8) is 0 Å². The monoisotopic (exact) mass is 240 g/mol. The summed E-state index contributed by atoms with van der Waals surface area (Å²) in [6, 6.07) is 7.36. The van der Waals surface area contributed by atoms with Gasteiger partial charge in [0.2, 0.25) is 0 Å². The second-order valence-electron chi connectivity index (χ2n) is 2.97. The van der Waals surface area contributed by atoms with Crippen molar-refractivity contribution in [1.82, 2.24) is 0 Å². The number of carbonyl (C=O) groups is 1. The Bertz CT molecular complexity index is 335. The van der Waals surface area contributed by atoms with Crippen molar-refractivity contribution in [2.45, 2.75) is 11.2 Å². The molecule has 1 aromatic rings. The Balaban J connectivity index is 2.46. The minimum Gasteiger partial charge on any atom is -0.493 e. The maximum atomic E-state index is 11.7. The predicted molar refractivity (Wildman–Crippen MR) is 53.6 cm³/mol. The SMILES string of the molecule is O=C1c2ccccc2OCCC1Br. The lowest BCUT2D eigenvalue weighted by atomic mass is 10.1. The van der Waals surface area contributed by atoms with E-state index in [4.69, 9.17) is 4.74 Å². The van der Waals surface area contributed by atoms with Gasteiger partial charge in [-0.05, 0) is 12.1 Å². The van der Waals surface area contributed by atoms with Gasteiger partial charge in [0.25, 0.3) is 0 Å². The first-order valence-corrected chi connectivity index (χ1v) is 5.11. The highest BCUT2D eigenvalue weighted by molar-refractivity contribution is 9.10. The molecule has 0 amide bonds. The molecule has 1 aliphatic rings. The lowest BCUT2D eigenvalue weighted by Gasteiger charge is -2.04. The first-order chi connectivity index (χ1) is 6.29. The molecule has 2 nitrogen and oxygen atoms in total. The number of Topliss-reactive ketones (excluding diaryl/α,β-unsaturated/α-hetero) is 1. The minimum atomic E-state index is -0.101. The Hall–Kier alpha value is -0.830. The highest BCUT2D eigenvalue weighted by Crippen LogP contribution is 2.26. The van der Waals surface area contributed by atoms with E-state index in [9.17, 15) is 4.79 Å². The minimum absolute atomic E-state index is 0.101. The zero-order chi connectivity index (χ0) is 9.26. The van der Waals surface area contributed by atoms with Gasteiger partial charge in [-0.15, -0.1) is 0 Å². The number of benzene rings is 1. The maximum absolute atomic E-state index is 11.7. The molecule has 0 aromatic heterocycles. The van der Waals surface area contributed by atoms with Crippen LogP contribution in [-0.4, -0.2) is 17.2 Å². The van der Waals surface area contributed by atoms with Crippen LogP contribution in [0.4, 0.5) is 0 Å². The summed E-state index contributed by atoms with van der Waals surface area (Å²) in [6.45, 7) is 0.596. The van der Waals surface area contributed by atoms with Crippen molar-refractivity contribution < 1.29 is 9.53 Å². The van der Waals surface area contributed by atoms with Crippen molar-refractivity contribution >= 4 is 21.7 Å². The molecule has 0 saturated carbocycles. The van der Waals surface area contributed by atoms with Gasteiger partial charge in [-0.1, -0.05) is 28.1 Å². The largest absolute Gasteiger partial charge is 0.493 e. The van der Waals surface area contributed by atoms with Gasteiger partial charge < -0.3 is 4.74 Å². The van der Waals surface area contributed by atoms with Gasteiger partial charge in [0, 0.05) is 6.42 Å². The van der Waals surface area contributed by atoms with E-state index in [-0.39, 0.29) is 10.6 Å². The first kappa shape index (κ1) is 8.75. The Kier molecular flexibility index (Phi) is 2.36. The van der Waals surface area contributed by atoms with Crippen LogP contribution in [0.25, 0.3) is 0 Å². The number of ether oxygens (including phenoxy) is 1. The van der Waals surface area contributed by atoms with Crippen LogP contribution in [0.1, 0.15) is 16.8 Å². The van der Waals surface area contributed by atoms with Gasteiger partial charge in [0.1, 0.15) is 5.75 Å². The summed E-state index contributed by atoms with van der Waals surface area (Å²) in [4.78, 5) is 11.6. The number of hydrogen-bond acceptors (Lipinski definition) is 2. The molecule has 0 saturated heterocycles. The van der Waals surface area contributed by atoms with Crippen molar-refractivity contribution in [2.24, 2.45) is 0 Å². The topological polar surface area (TPSA) is 26.3 Å². The molecule has 2 rings (SSSR count). The molecule has 1 aliphatic heterocycles. The lowest BCUT2D eigenvalue weighted by molar-refractivity contribution is 0.0991. The van der Waals surface area contributed by atoms with Crippen molar-refractivity contribution in [3.8, 4) is 5.75 Å². The molecule has 0 N–H and O–H groups in total. The van der Waals surface area contributed by atoms with E-state index in [2.05, 4.69) is 15.9 Å². The number of rotatable bonds is 0.